The van der Waals surface area contributed by atoms with E-state index in [-0.39, 0.29) is 0 Å². The summed E-state index contributed by atoms with van der Waals surface area (Å²) in [5.74, 6) is 0.907. The van der Waals surface area contributed by atoms with Gasteiger partial charge in [0.25, 0.3) is 0 Å². The van der Waals surface area contributed by atoms with Crippen molar-refractivity contribution in [2.24, 2.45) is 7.05 Å². The second-order valence-corrected chi connectivity index (χ2v) is 7.36. The average molecular weight is 351 g/mol. The minimum absolute atomic E-state index is 0.907. The summed E-state index contributed by atoms with van der Waals surface area (Å²) in [7, 11) is 3.89. The maximum absolute atomic E-state index is 5.84. The Kier molecular flexibility index (Phi) is 2.68. The van der Waals surface area contributed by atoms with E-state index in [4.69, 9.17) is 4.74 Å². The second-order valence-electron chi connectivity index (χ2n) is 7.36. The van der Waals surface area contributed by atoms with Crippen LogP contribution in [0.25, 0.3) is 49.0 Å². The first-order chi connectivity index (χ1) is 13.2. The number of aromatic nitrogens is 2. The summed E-state index contributed by atoms with van der Waals surface area (Å²) in [5.41, 5.74) is 6.20. The van der Waals surface area contributed by atoms with Crippen LogP contribution in [0.2, 0.25) is 0 Å². The minimum atomic E-state index is 0.907. The number of methoxy groups -OCH3 is 1. The third kappa shape index (κ3) is 1.65. The van der Waals surface area contributed by atoms with Gasteiger partial charge in [0, 0.05) is 16.8 Å². The molecule has 0 aliphatic heterocycles. The Morgan fingerprint density at radius 3 is 2.56 bits per heavy atom. The molecule has 3 aromatic heterocycles. The van der Waals surface area contributed by atoms with E-state index in [0.717, 1.165) is 11.3 Å². The molecule has 27 heavy (non-hydrogen) atoms. The van der Waals surface area contributed by atoms with Crippen molar-refractivity contribution in [3.8, 4) is 5.75 Å². The molecule has 6 aromatic rings. The van der Waals surface area contributed by atoms with Crippen LogP contribution in [0.3, 0.4) is 0 Å². The molecule has 0 saturated carbocycles. The van der Waals surface area contributed by atoms with Crippen LogP contribution in [0, 0.1) is 6.92 Å². The number of aryl methyl sites for hydroxylation is 2. The molecule has 0 aliphatic carbocycles. The summed E-state index contributed by atoms with van der Waals surface area (Å²) in [4.78, 5) is 0. The highest BCUT2D eigenvalue weighted by Gasteiger charge is 2.25. The molecule has 130 valence electrons. The lowest BCUT2D eigenvalue weighted by atomic mass is 9.99. The summed E-state index contributed by atoms with van der Waals surface area (Å²) in [5, 5.41) is 6.38. The van der Waals surface area contributed by atoms with Gasteiger partial charge in [0.15, 0.2) is 6.20 Å². The first-order valence-electron chi connectivity index (χ1n) is 9.23. The molecular formula is C24H19N2O+. The number of rotatable bonds is 1. The molecule has 0 unspecified atom stereocenters. The monoisotopic (exact) mass is 351 g/mol. The summed E-state index contributed by atoms with van der Waals surface area (Å²) >= 11 is 0. The Morgan fingerprint density at radius 2 is 1.70 bits per heavy atom. The molecular weight excluding hydrogens is 332 g/mol. The van der Waals surface area contributed by atoms with Gasteiger partial charge in [0.1, 0.15) is 18.3 Å². The van der Waals surface area contributed by atoms with Gasteiger partial charge in [-0.2, -0.15) is 0 Å². The van der Waals surface area contributed by atoms with E-state index in [0.29, 0.717) is 0 Å². The quantitative estimate of drug-likeness (QED) is 0.228. The molecule has 0 fully saturated rings. The molecule has 0 amide bonds. The van der Waals surface area contributed by atoms with E-state index >= 15 is 0 Å². The number of para-hydroxylation sites is 1. The van der Waals surface area contributed by atoms with Gasteiger partial charge in [-0.05, 0) is 30.0 Å². The highest BCUT2D eigenvalue weighted by Crippen LogP contribution is 2.42. The van der Waals surface area contributed by atoms with Crippen LogP contribution in [0.5, 0.6) is 5.75 Å². The van der Waals surface area contributed by atoms with E-state index in [1.54, 1.807) is 7.11 Å². The van der Waals surface area contributed by atoms with E-state index in [1.165, 1.54) is 49.0 Å². The summed E-state index contributed by atoms with van der Waals surface area (Å²) in [6, 6.07) is 19.6. The largest absolute Gasteiger partial charge is 0.495 e. The molecule has 3 aromatic carbocycles. The molecule has 0 saturated heterocycles. The molecule has 0 N–H and O–H groups in total. The van der Waals surface area contributed by atoms with Crippen LogP contribution < -0.4 is 9.30 Å². The highest BCUT2D eigenvalue weighted by atomic mass is 16.5. The number of nitrogens with zero attached hydrogens (tertiary/aromatic N) is 2. The van der Waals surface area contributed by atoms with Crippen LogP contribution in [0.15, 0.2) is 60.8 Å². The van der Waals surface area contributed by atoms with Crippen molar-refractivity contribution in [3.05, 3.63) is 66.4 Å². The van der Waals surface area contributed by atoms with E-state index in [1.807, 2.05) is 0 Å². The molecule has 3 heterocycles. The Bertz CT molecular complexity index is 1520. The molecule has 6 rings (SSSR count). The Hall–Kier alpha value is -3.33. The van der Waals surface area contributed by atoms with Crippen LogP contribution in [-0.2, 0) is 7.05 Å². The summed E-state index contributed by atoms with van der Waals surface area (Å²) in [6.07, 6.45) is 2.16. The maximum Gasteiger partial charge on any atom is 0.224 e. The third-order valence-electron chi connectivity index (χ3n) is 5.97. The van der Waals surface area contributed by atoms with Crippen molar-refractivity contribution in [3.63, 3.8) is 0 Å². The van der Waals surface area contributed by atoms with Gasteiger partial charge < -0.3 is 9.14 Å². The zero-order valence-electron chi connectivity index (χ0n) is 15.6. The van der Waals surface area contributed by atoms with E-state index in [9.17, 15) is 0 Å². The molecule has 0 atom stereocenters. The summed E-state index contributed by atoms with van der Waals surface area (Å²) < 4.78 is 10.5. The van der Waals surface area contributed by atoms with Crippen molar-refractivity contribution in [1.82, 2.24) is 4.40 Å². The topological polar surface area (TPSA) is 17.5 Å². The van der Waals surface area contributed by atoms with Gasteiger partial charge in [-0.1, -0.05) is 36.4 Å². The van der Waals surface area contributed by atoms with Gasteiger partial charge in [-0.25, -0.2) is 4.57 Å². The lowest BCUT2D eigenvalue weighted by Crippen LogP contribution is -2.29. The molecule has 3 heteroatoms. The van der Waals surface area contributed by atoms with E-state index in [2.05, 4.69) is 83.7 Å². The van der Waals surface area contributed by atoms with Crippen LogP contribution >= 0.6 is 0 Å². The van der Waals surface area contributed by atoms with Gasteiger partial charge in [0.05, 0.1) is 28.9 Å². The molecule has 3 nitrogen and oxygen atoms in total. The van der Waals surface area contributed by atoms with Gasteiger partial charge in [-0.3, -0.25) is 0 Å². The van der Waals surface area contributed by atoms with Gasteiger partial charge in [-0.15, -0.1) is 0 Å². The Balaban J connectivity index is 2.17. The fourth-order valence-corrected chi connectivity index (χ4v) is 4.80. The number of hydrogen-bond acceptors (Lipinski definition) is 1. The predicted molar refractivity (Wildman–Crippen MR) is 111 cm³/mol. The Morgan fingerprint density at radius 1 is 0.852 bits per heavy atom. The normalized spacial score (nSPS) is 12.3. The molecule has 0 bridgehead atoms. The number of hydrogen-bond donors (Lipinski definition) is 0. The highest BCUT2D eigenvalue weighted by molar-refractivity contribution is 6.26. The first kappa shape index (κ1) is 14.8. The molecule has 0 aliphatic rings. The molecule has 0 spiro atoms. The average Bonchev–Trinajstić information content (AvgIpc) is 3.03. The lowest BCUT2D eigenvalue weighted by Gasteiger charge is -2.15. The van der Waals surface area contributed by atoms with Crippen molar-refractivity contribution in [1.29, 1.82) is 0 Å². The second kappa shape index (κ2) is 4.89. The maximum atomic E-state index is 5.84. The number of pyridine rings is 2. The van der Waals surface area contributed by atoms with Crippen LogP contribution in [-0.4, -0.2) is 11.5 Å². The standard InChI is InChI=1S/C24H19N2O/c1-14-8-10-17-16-6-4-5-7-18(16)26-22(17)20(14)24-21-15(12-13-25(24)2)9-11-19(27-3)23(21)26/h4-13H,1-3H3/q+1. The van der Waals surface area contributed by atoms with Crippen molar-refractivity contribution in [2.45, 2.75) is 6.92 Å². The van der Waals surface area contributed by atoms with E-state index < -0.39 is 0 Å². The Labute approximate surface area is 156 Å². The van der Waals surface area contributed by atoms with Crippen LogP contribution in [0.4, 0.5) is 0 Å². The smallest absolute Gasteiger partial charge is 0.224 e. The fraction of sp³-hybridized carbons (Fsp3) is 0.125. The molecule has 0 radical (unpaired) electrons. The van der Waals surface area contributed by atoms with Crippen molar-refractivity contribution >= 4 is 49.0 Å². The minimum Gasteiger partial charge on any atom is -0.495 e. The zero-order chi connectivity index (χ0) is 18.3. The predicted octanol–water partition coefficient (Wildman–Crippen LogP) is 5.13. The SMILES string of the molecule is COc1ccc2cc[n+](C)c3c4c(C)ccc5c6ccccc6n(c1c23)c54. The van der Waals surface area contributed by atoms with Gasteiger partial charge in [0.2, 0.25) is 5.52 Å². The van der Waals surface area contributed by atoms with Gasteiger partial charge >= 0.3 is 0 Å². The van der Waals surface area contributed by atoms with Crippen LogP contribution in [0.1, 0.15) is 5.56 Å². The summed E-state index contributed by atoms with van der Waals surface area (Å²) in [6.45, 7) is 2.21. The zero-order valence-corrected chi connectivity index (χ0v) is 15.6. The lowest BCUT2D eigenvalue weighted by molar-refractivity contribution is -0.643. The third-order valence-corrected chi connectivity index (χ3v) is 5.97. The number of ether oxygens (including phenoxy) is 1. The van der Waals surface area contributed by atoms with Crippen molar-refractivity contribution in [2.75, 3.05) is 7.11 Å². The number of fused-ring (bicyclic) bond motifs is 5. The number of benzene rings is 3. The first-order valence-corrected chi connectivity index (χ1v) is 9.23. The fourth-order valence-electron chi connectivity index (χ4n) is 4.80. The van der Waals surface area contributed by atoms with Crippen molar-refractivity contribution < 1.29 is 9.30 Å².